The van der Waals surface area contributed by atoms with Crippen LogP contribution in [0.3, 0.4) is 0 Å². The van der Waals surface area contributed by atoms with Gasteiger partial charge >= 0.3 is 0 Å². The molecule has 0 atom stereocenters. The summed E-state index contributed by atoms with van der Waals surface area (Å²) in [5.41, 5.74) is 8.15. The molecule has 12 heteroatoms. The summed E-state index contributed by atoms with van der Waals surface area (Å²) in [6.07, 6.45) is 1.50. The van der Waals surface area contributed by atoms with Gasteiger partial charge in [0.15, 0.2) is 23.2 Å². The molecule has 0 aliphatic rings. The van der Waals surface area contributed by atoms with Crippen molar-refractivity contribution in [2.24, 2.45) is 5.10 Å². The van der Waals surface area contributed by atoms with Crippen molar-refractivity contribution in [3.05, 3.63) is 111 Å². The Kier molecular flexibility index (Phi) is 11.2. The number of hydrazone groups is 1. The van der Waals surface area contributed by atoms with Gasteiger partial charge in [0, 0.05) is 27.9 Å². The number of nitrogens with zero attached hydrogens (tertiary/aromatic N) is 2. The second-order valence-electron chi connectivity index (χ2n) is 10.1. The van der Waals surface area contributed by atoms with Crippen LogP contribution in [0.15, 0.2) is 99.9 Å². The molecule has 0 fully saturated rings. The maximum absolute atomic E-state index is 12.8. The van der Waals surface area contributed by atoms with Crippen LogP contribution >= 0.6 is 27.3 Å². The first-order chi connectivity index (χ1) is 22.8. The van der Waals surface area contributed by atoms with Gasteiger partial charge in [-0.2, -0.15) is 5.10 Å². The Balaban J connectivity index is 1.16. The maximum Gasteiger partial charge on any atom is 0.271 e. The predicted octanol–water partition coefficient (Wildman–Crippen LogP) is 7.81. The van der Waals surface area contributed by atoms with Gasteiger partial charge in [-0.05, 0) is 96.0 Å². The highest BCUT2D eigenvalue weighted by atomic mass is 79.9. The summed E-state index contributed by atoms with van der Waals surface area (Å²) in [7, 11) is 1.58. The van der Waals surface area contributed by atoms with E-state index in [0.29, 0.717) is 45.1 Å². The minimum absolute atomic E-state index is 0.235. The van der Waals surface area contributed by atoms with Gasteiger partial charge in [0.05, 0.1) is 30.1 Å². The minimum atomic E-state index is -0.361. The number of nitrogens with one attached hydrogen (secondary N) is 3. The first-order valence-corrected chi connectivity index (χ1v) is 16.2. The molecule has 0 spiro atoms. The van der Waals surface area contributed by atoms with Gasteiger partial charge in [-0.3, -0.25) is 9.59 Å². The lowest BCUT2D eigenvalue weighted by atomic mass is 10.1. The summed E-state index contributed by atoms with van der Waals surface area (Å²) >= 11 is 5.01. The smallest absolute Gasteiger partial charge is 0.271 e. The number of aryl methyl sites for hydroxylation is 1. The first-order valence-electron chi connectivity index (χ1n) is 14.6. The zero-order valence-electron chi connectivity index (χ0n) is 25.9. The Bertz CT molecular complexity index is 1860. The lowest BCUT2D eigenvalue weighted by Gasteiger charge is -2.14. The molecule has 2 amide bonds. The molecule has 4 aromatic carbocycles. The zero-order chi connectivity index (χ0) is 33.2. The van der Waals surface area contributed by atoms with Crippen molar-refractivity contribution in [2.75, 3.05) is 31.0 Å². The number of anilines is 3. The second-order valence-corrected chi connectivity index (χ2v) is 11.8. The van der Waals surface area contributed by atoms with Gasteiger partial charge in [-0.25, -0.2) is 10.4 Å². The quantitative estimate of drug-likeness (QED) is 0.0840. The zero-order valence-corrected chi connectivity index (χ0v) is 28.3. The van der Waals surface area contributed by atoms with Crippen molar-refractivity contribution < 1.29 is 23.8 Å². The van der Waals surface area contributed by atoms with Gasteiger partial charge < -0.3 is 24.8 Å². The molecule has 0 aliphatic heterocycles. The average molecular weight is 715 g/mol. The average Bonchev–Trinajstić information content (AvgIpc) is 3.54. The molecular weight excluding hydrogens is 682 g/mol. The number of hydrogen-bond acceptors (Lipinski definition) is 9. The van der Waals surface area contributed by atoms with Crippen LogP contribution in [0.5, 0.6) is 17.2 Å². The standard InChI is InChI=1S/C35H32BrN5O5S/c1-4-45-31-18-23(17-29(36)33(31)46-20-32(42)38-26-13-15-28(44-3)16-14-26)19-37-41-34(43)25-9-7-24(8-10-25)30-21-47-35(40-30)39-27-11-5-22(2)6-12-27/h5-19,21H,4,20H2,1-3H3,(H,38,42)(H,39,40)(H,41,43)/b37-19+. The van der Waals surface area contributed by atoms with Crippen LogP contribution in [-0.2, 0) is 4.79 Å². The van der Waals surface area contributed by atoms with Crippen molar-refractivity contribution in [3.8, 4) is 28.5 Å². The van der Waals surface area contributed by atoms with Gasteiger partial charge in [0.1, 0.15) is 5.75 Å². The van der Waals surface area contributed by atoms with Crippen LogP contribution in [0, 0.1) is 6.92 Å². The Labute approximate surface area is 284 Å². The van der Waals surface area contributed by atoms with Crippen LogP contribution in [0.25, 0.3) is 11.3 Å². The third-order valence-corrected chi connectivity index (χ3v) is 8.03. The molecule has 0 radical (unpaired) electrons. The molecule has 0 aliphatic carbocycles. The van der Waals surface area contributed by atoms with Crippen molar-refractivity contribution in [3.63, 3.8) is 0 Å². The molecule has 0 unspecified atom stereocenters. The Morgan fingerprint density at radius 3 is 2.38 bits per heavy atom. The largest absolute Gasteiger partial charge is 0.497 e. The number of aromatic nitrogens is 1. The molecule has 0 bridgehead atoms. The number of halogens is 1. The fourth-order valence-electron chi connectivity index (χ4n) is 4.32. The first kappa shape index (κ1) is 33.2. The number of carbonyl (C=O) groups excluding carboxylic acids is 2. The molecule has 1 heterocycles. The fourth-order valence-corrected chi connectivity index (χ4v) is 5.64. The molecule has 240 valence electrons. The van der Waals surface area contributed by atoms with E-state index in [-0.39, 0.29) is 18.4 Å². The normalized spacial score (nSPS) is 10.8. The fraction of sp³-hybridized carbons (Fsp3) is 0.143. The highest BCUT2D eigenvalue weighted by Gasteiger charge is 2.15. The van der Waals surface area contributed by atoms with E-state index in [0.717, 1.165) is 22.1 Å². The molecule has 5 rings (SSSR count). The molecule has 10 nitrogen and oxygen atoms in total. The van der Waals surface area contributed by atoms with E-state index in [1.807, 2.05) is 55.6 Å². The van der Waals surface area contributed by atoms with Crippen LogP contribution < -0.4 is 30.3 Å². The molecule has 0 saturated heterocycles. The van der Waals surface area contributed by atoms with Crippen LogP contribution in [0.1, 0.15) is 28.4 Å². The van der Waals surface area contributed by atoms with Crippen LogP contribution in [0.2, 0.25) is 0 Å². The highest BCUT2D eigenvalue weighted by Crippen LogP contribution is 2.36. The van der Waals surface area contributed by atoms with Crippen LogP contribution in [0.4, 0.5) is 16.5 Å². The summed E-state index contributed by atoms with van der Waals surface area (Å²) in [6, 6.07) is 25.7. The minimum Gasteiger partial charge on any atom is -0.497 e. The number of carbonyl (C=O) groups is 2. The van der Waals surface area contributed by atoms with E-state index >= 15 is 0 Å². The van der Waals surface area contributed by atoms with Crippen LogP contribution in [-0.4, -0.2) is 43.3 Å². The summed E-state index contributed by atoms with van der Waals surface area (Å²) < 4.78 is 17.3. The van der Waals surface area contributed by atoms with Gasteiger partial charge in [0.25, 0.3) is 11.8 Å². The van der Waals surface area contributed by atoms with Gasteiger partial charge in [-0.1, -0.05) is 29.8 Å². The topological polar surface area (TPSA) is 123 Å². The third-order valence-electron chi connectivity index (χ3n) is 6.68. The Morgan fingerprint density at radius 1 is 0.957 bits per heavy atom. The molecule has 0 saturated carbocycles. The van der Waals surface area contributed by atoms with E-state index in [1.54, 1.807) is 55.6 Å². The van der Waals surface area contributed by atoms with Crippen molar-refractivity contribution in [1.82, 2.24) is 10.4 Å². The van der Waals surface area contributed by atoms with E-state index in [9.17, 15) is 9.59 Å². The number of hydrogen-bond donors (Lipinski definition) is 3. The van der Waals surface area contributed by atoms with E-state index in [1.165, 1.54) is 23.1 Å². The summed E-state index contributed by atoms with van der Waals surface area (Å²) in [4.78, 5) is 29.9. The van der Waals surface area contributed by atoms with Crippen molar-refractivity contribution in [1.29, 1.82) is 0 Å². The molecule has 3 N–H and O–H groups in total. The summed E-state index contributed by atoms with van der Waals surface area (Å²) in [5, 5.41) is 13.0. The summed E-state index contributed by atoms with van der Waals surface area (Å²) in [6.45, 7) is 4.03. The number of rotatable bonds is 13. The second kappa shape index (κ2) is 15.9. The van der Waals surface area contributed by atoms with Gasteiger partial charge in [0.2, 0.25) is 0 Å². The number of benzene rings is 4. The molecular formula is C35H32BrN5O5S. The van der Waals surface area contributed by atoms with Crippen molar-refractivity contribution >= 4 is 61.8 Å². The van der Waals surface area contributed by atoms with Crippen molar-refractivity contribution in [2.45, 2.75) is 13.8 Å². The molecule has 47 heavy (non-hydrogen) atoms. The predicted molar refractivity (Wildman–Crippen MR) is 190 cm³/mol. The molecule has 5 aromatic rings. The Morgan fingerprint density at radius 2 is 1.68 bits per heavy atom. The maximum atomic E-state index is 12.8. The monoisotopic (exact) mass is 713 g/mol. The number of ether oxygens (including phenoxy) is 3. The Hall–Kier alpha value is -5.20. The van der Waals surface area contributed by atoms with E-state index < -0.39 is 0 Å². The lowest BCUT2D eigenvalue weighted by molar-refractivity contribution is -0.118. The number of methoxy groups -OCH3 is 1. The highest BCUT2D eigenvalue weighted by molar-refractivity contribution is 9.10. The SMILES string of the molecule is CCOc1cc(/C=N/NC(=O)c2ccc(-c3csc(Nc4ccc(C)cc4)n3)cc2)cc(Br)c1OCC(=O)Nc1ccc(OC)cc1. The van der Waals surface area contributed by atoms with E-state index in [4.69, 9.17) is 14.2 Å². The summed E-state index contributed by atoms with van der Waals surface area (Å²) in [5.74, 6) is 0.783. The van der Waals surface area contributed by atoms with Gasteiger partial charge in [-0.15, -0.1) is 11.3 Å². The lowest BCUT2D eigenvalue weighted by Crippen LogP contribution is -2.20. The number of thiazole rings is 1. The number of amides is 2. The molecule has 1 aromatic heterocycles. The third kappa shape index (κ3) is 9.18. The van der Waals surface area contributed by atoms with E-state index in [2.05, 4.69) is 42.1 Å².